The number of ether oxygens (including phenoxy) is 1. The van der Waals surface area contributed by atoms with Gasteiger partial charge in [0.1, 0.15) is 5.75 Å². The Morgan fingerprint density at radius 1 is 1.25 bits per heavy atom. The molecule has 0 fully saturated rings. The molecular formula is C17H26N2O. The van der Waals surface area contributed by atoms with Crippen LogP contribution in [0.5, 0.6) is 5.75 Å². The van der Waals surface area contributed by atoms with E-state index in [2.05, 4.69) is 57.1 Å². The molecule has 1 atom stereocenters. The first-order valence-electron chi connectivity index (χ1n) is 7.52. The van der Waals surface area contributed by atoms with Crippen molar-refractivity contribution in [3.63, 3.8) is 0 Å². The highest BCUT2D eigenvalue weighted by Gasteiger charge is 2.10. The van der Waals surface area contributed by atoms with Gasteiger partial charge in [0.15, 0.2) is 0 Å². The van der Waals surface area contributed by atoms with Crippen LogP contribution in [0.4, 0.5) is 0 Å². The molecule has 0 aliphatic heterocycles. The monoisotopic (exact) mass is 274 g/mol. The molecule has 1 heterocycles. The first-order valence-corrected chi connectivity index (χ1v) is 7.52. The van der Waals surface area contributed by atoms with E-state index in [0.717, 1.165) is 18.7 Å². The number of rotatable bonds is 6. The maximum Gasteiger partial charge on any atom is 0.120 e. The van der Waals surface area contributed by atoms with Crippen LogP contribution in [0.2, 0.25) is 0 Å². The molecule has 0 saturated heterocycles. The van der Waals surface area contributed by atoms with Gasteiger partial charge in [-0.3, -0.25) is 0 Å². The lowest BCUT2D eigenvalue weighted by atomic mass is 10.1. The summed E-state index contributed by atoms with van der Waals surface area (Å²) < 4.78 is 5.93. The number of benzene rings is 1. The number of aromatic amines is 1. The minimum Gasteiger partial charge on any atom is -0.491 e. The average molecular weight is 274 g/mol. The van der Waals surface area contributed by atoms with Crippen LogP contribution in [0.1, 0.15) is 45.4 Å². The Morgan fingerprint density at radius 3 is 2.65 bits per heavy atom. The smallest absolute Gasteiger partial charge is 0.120 e. The molecule has 0 radical (unpaired) electrons. The molecule has 2 rings (SSSR count). The van der Waals surface area contributed by atoms with E-state index in [-0.39, 0.29) is 6.10 Å². The molecule has 110 valence electrons. The van der Waals surface area contributed by atoms with E-state index in [9.17, 15) is 0 Å². The number of hydrogen-bond donors (Lipinski definition) is 2. The van der Waals surface area contributed by atoms with E-state index in [1.807, 2.05) is 6.07 Å². The number of nitrogens with one attached hydrogen (secondary N) is 2. The van der Waals surface area contributed by atoms with Crippen molar-refractivity contribution in [3.8, 4) is 5.75 Å². The fourth-order valence-electron chi connectivity index (χ4n) is 2.28. The Labute approximate surface area is 121 Å². The summed E-state index contributed by atoms with van der Waals surface area (Å²) in [5.41, 5.74) is 3.75. The lowest BCUT2D eigenvalue weighted by Gasteiger charge is -2.13. The third-order valence-electron chi connectivity index (χ3n) is 3.69. The fourth-order valence-corrected chi connectivity index (χ4v) is 2.28. The number of H-pyrrole nitrogens is 1. The molecule has 3 nitrogen and oxygen atoms in total. The summed E-state index contributed by atoms with van der Waals surface area (Å²) in [5.74, 6) is 0.955. The maximum absolute atomic E-state index is 5.93. The standard InChI is InChI=1S/C17H26N2O/c1-6-12(4)20-14-7-8-17-15(9-14)16(13(5)19-17)10-18-11(2)3/h7-9,11-12,18-19H,6,10H2,1-5H3. The molecule has 1 unspecified atom stereocenters. The molecule has 1 aromatic heterocycles. The molecular weight excluding hydrogens is 248 g/mol. The Hall–Kier alpha value is -1.48. The highest BCUT2D eigenvalue weighted by atomic mass is 16.5. The van der Waals surface area contributed by atoms with Gasteiger partial charge in [-0.1, -0.05) is 20.8 Å². The summed E-state index contributed by atoms with van der Waals surface area (Å²) in [4.78, 5) is 3.45. The topological polar surface area (TPSA) is 37.0 Å². The SMILES string of the molecule is CCC(C)Oc1ccc2[nH]c(C)c(CNC(C)C)c2c1. The molecule has 0 spiro atoms. The minimum atomic E-state index is 0.254. The fraction of sp³-hybridized carbons (Fsp3) is 0.529. The van der Waals surface area contributed by atoms with Crippen LogP contribution in [0, 0.1) is 6.92 Å². The van der Waals surface area contributed by atoms with E-state index in [4.69, 9.17) is 4.74 Å². The normalized spacial score (nSPS) is 13.1. The van der Waals surface area contributed by atoms with Crippen LogP contribution in [-0.4, -0.2) is 17.1 Å². The third kappa shape index (κ3) is 3.34. The van der Waals surface area contributed by atoms with Crippen molar-refractivity contribution in [3.05, 3.63) is 29.5 Å². The Morgan fingerprint density at radius 2 is 2.00 bits per heavy atom. The summed E-state index contributed by atoms with van der Waals surface area (Å²) in [6, 6.07) is 6.80. The van der Waals surface area contributed by atoms with Gasteiger partial charge in [-0.05, 0) is 44.0 Å². The maximum atomic E-state index is 5.93. The highest BCUT2D eigenvalue weighted by molar-refractivity contribution is 5.86. The predicted octanol–water partition coefficient (Wildman–Crippen LogP) is 4.15. The van der Waals surface area contributed by atoms with Gasteiger partial charge in [-0.25, -0.2) is 0 Å². The number of aryl methyl sites for hydroxylation is 1. The minimum absolute atomic E-state index is 0.254. The molecule has 1 aromatic carbocycles. The van der Waals surface area contributed by atoms with Gasteiger partial charge in [-0.2, -0.15) is 0 Å². The zero-order valence-electron chi connectivity index (χ0n) is 13.2. The lowest BCUT2D eigenvalue weighted by molar-refractivity contribution is 0.218. The van der Waals surface area contributed by atoms with Crippen molar-refractivity contribution in [1.29, 1.82) is 0 Å². The Bertz CT molecular complexity index is 572. The van der Waals surface area contributed by atoms with Crippen LogP contribution in [0.3, 0.4) is 0 Å². The highest BCUT2D eigenvalue weighted by Crippen LogP contribution is 2.27. The number of hydrogen-bond acceptors (Lipinski definition) is 2. The first-order chi connectivity index (χ1) is 9.51. The van der Waals surface area contributed by atoms with Crippen LogP contribution >= 0.6 is 0 Å². The lowest BCUT2D eigenvalue weighted by Crippen LogP contribution is -2.22. The number of fused-ring (bicyclic) bond motifs is 1. The van der Waals surface area contributed by atoms with Crippen molar-refractivity contribution in [2.24, 2.45) is 0 Å². The van der Waals surface area contributed by atoms with Crippen LogP contribution < -0.4 is 10.1 Å². The zero-order chi connectivity index (χ0) is 14.7. The summed E-state index contributed by atoms with van der Waals surface area (Å²) in [5, 5.41) is 4.75. The first kappa shape index (κ1) is 14.9. The molecule has 2 N–H and O–H groups in total. The van der Waals surface area contributed by atoms with Gasteiger partial charge >= 0.3 is 0 Å². The molecule has 0 saturated carbocycles. The van der Waals surface area contributed by atoms with Crippen molar-refractivity contribution in [2.45, 2.75) is 59.7 Å². The zero-order valence-corrected chi connectivity index (χ0v) is 13.2. The van der Waals surface area contributed by atoms with Gasteiger partial charge in [0.2, 0.25) is 0 Å². The largest absolute Gasteiger partial charge is 0.491 e. The molecule has 0 aliphatic rings. The quantitative estimate of drug-likeness (QED) is 0.830. The van der Waals surface area contributed by atoms with E-state index < -0.39 is 0 Å². The molecule has 0 amide bonds. The molecule has 20 heavy (non-hydrogen) atoms. The summed E-state index contributed by atoms with van der Waals surface area (Å²) in [7, 11) is 0. The molecule has 2 aromatic rings. The van der Waals surface area contributed by atoms with E-state index in [0.29, 0.717) is 6.04 Å². The van der Waals surface area contributed by atoms with Crippen LogP contribution in [0.15, 0.2) is 18.2 Å². The number of aromatic nitrogens is 1. The molecule has 0 aliphatic carbocycles. The van der Waals surface area contributed by atoms with Crippen molar-refractivity contribution >= 4 is 10.9 Å². The van der Waals surface area contributed by atoms with Gasteiger partial charge in [0, 0.05) is 29.2 Å². The van der Waals surface area contributed by atoms with Gasteiger partial charge in [-0.15, -0.1) is 0 Å². The van der Waals surface area contributed by atoms with Crippen LogP contribution in [0.25, 0.3) is 10.9 Å². The Kier molecular flexibility index (Phi) is 4.71. The van der Waals surface area contributed by atoms with E-state index in [1.165, 1.54) is 22.2 Å². The van der Waals surface area contributed by atoms with E-state index >= 15 is 0 Å². The van der Waals surface area contributed by atoms with Gasteiger partial charge < -0.3 is 15.0 Å². The van der Waals surface area contributed by atoms with Gasteiger partial charge in [0.25, 0.3) is 0 Å². The average Bonchev–Trinajstić information content (AvgIpc) is 2.71. The van der Waals surface area contributed by atoms with Crippen molar-refractivity contribution in [2.75, 3.05) is 0 Å². The van der Waals surface area contributed by atoms with E-state index in [1.54, 1.807) is 0 Å². The second-order valence-corrected chi connectivity index (χ2v) is 5.81. The Balaban J connectivity index is 2.31. The van der Waals surface area contributed by atoms with Crippen molar-refractivity contribution in [1.82, 2.24) is 10.3 Å². The predicted molar refractivity (Wildman–Crippen MR) is 85.4 cm³/mol. The second-order valence-electron chi connectivity index (χ2n) is 5.81. The summed E-state index contributed by atoms with van der Waals surface area (Å²) in [6.07, 6.45) is 1.27. The summed E-state index contributed by atoms with van der Waals surface area (Å²) >= 11 is 0. The molecule has 0 bridgehead atoms. The van der Waals surface area contributed by atoms with Gasteiger partial charge in [0.05, 0.1) is 6.10 Å². The summed E-state index contributed by atoms with van der Waals surface area (Å²) in [6.45, 7) is 11.6. The molecule has 3 heteroatoms. The second kappa shape index (κ2) is 6.31. The third-order valence-corrected chi connectivity index (χ3v) is 3.69. The van der Waals surface area contributed by atoms with Crippen LogP contribution in [-0.2, 0) is 6.54 Å². The van der Waals surface area contributed by atoms with Crippen molar-refractivity contribution < 1.29 is 4.74 Å².